The van der Waals surface area contributed by atoms with Gasteiger partial charge in [-0.15, -0.1) is 0 Å². The van der Waals surface area contributed by atoms with Crippen molar-refractivity contribution in [3.63, 3.8) is 0 Å². The molecule has 0 unspecified atom stereocenters. The predicted octanol–water partition coefficient (Wildman–Crippen LogP) is 5.22. The molecule has 0 aliphatic heterocycles. The molecule has 37 heavy (non-hydrogen) atoms. The maximum Gasteiger partial charge on any atom is 0.251 e. The second kappa shape index (κ2) is 16.4. The summed E-state index contributed by atoms with van der Waals surface area (Å²) >= 11 is 6.91. The van der Waals surface area contributed by atoms with Crippen molar-refractivity contribution in [2.75, 3.05) is 19.6 Å². The topological polar surface area (TPSA) is 84.2 Å². The molecule has 190 valence electrons. The average Bonchev–Trinajstić information content (AvgIpc) is 3.12. The van der Waals surface area contributed by atoms with Crippen LogP contribution in [0.5, 0.6) is 0 Å². The maximum absolute atomic E-state index is 12.2. The van der Waals surface area contributed by atoms with Crippen LogP contribution in [0.3, 0.4) is 0 Å². The Morgan fingerprint density at radius 2 is 1.97 bits per heavy atom. The molecule has 1 aromatic carbocycles. The van der Waals surface area contributed by atoms with E-state index in [2.05, 4.69) is 72.8 Å². The number of hydrogen-bond acceptors (Lipinski definition) is 3. The highest BCUT2D eigenvalue weighted by Crippen LogP contribution is 2.17. The number of nitrogens with two attached hydrogens (primary N) is 1. The lowest BCUT2D eigenvalue weighted by molar-refractivity contribution is -0.120. The van der Waals surface area contributed by atoms with E-state index in [1.165, 1.54) is 0 Å². The maximum atomic E-state index is 12.2. The van der Waals surface area contributed by atoms with Gasteiger partial charge in [-0.2, -0.15) is 0 Å². The normalized spacial score (nSPS) is 13.1. The first-order chi connectivity index (χ1) is 17.8. The Balaban J connectivity index is 2.20. The average molecular weight is 623 g/mol. The lowest BCUT2D eigenvalue weighted by Gasteiger charge is -2.03. The number of carbonyl (C=O) groups is 2. The third-order valence-corrected chi connectivity index (χ3v) is 5.75. The molecule has 0 aromatic heterocycles. The first kappa shape index (κ1) is 29.9. The summed E-state index contributed by atoms with van der Waals surface area (Å²) in [5, 5.41) is 5.52. The second-order valence-electron chi connectivity index (χ2n) is 7.72. The molecule has 0 spiro atoms. The summed E-state index contributed by atoms with van der Waals surface area (Å²) in [6, 6.07) is 5.42. The summed E-state index contributed by atoms with van der Waals surface area (Å²) < 4.78 is 1.52. The lowest BCUT2D eigenvalue weighted by Crippen LogP contribution is -2.28. The summed E-state index contributed by atoms with van der Waals surface area (Å²) in [6.45, 7) is 7.13. The van der Waals surface area contributed by atoms with E-state index in [0.29, 0.717) is 30.8 Å². The van der Waals surface area contributed by atoms with E-state index in [-0.39, 0.29) is 18.2 Å². The van der Waals surface area contributed by atoms with Crippen molar-refractivity contribution in [3.05, 3.63) is 104 Å². The zero-order valence-electron chi connectivity index (χ0n) is 20.7. The van der Waals surface area contributed by atoms with E-state index in [4.69, 9.17) is 5.73 Å². The van der Waals surface area contributed by atoms with Crippen molar-refractivity contribution in [2.24, 2.45) is 5.73 Å². The summed E-state index contributed by atoms with van der Waals surface area (Å²) in [5.74, 6) is 12.4. The van der Waals surface area contributed by atoms with E-state index in [9.17, 15) is 9.59 Å². The van der Waals surface area contributed by atoms with Crippen LogP contribution in [0.4, 0.5) is 0 Å². The standard InChI is InChI=1S/C30H29Br2N3O2/c1-3-22(19-27(31)13-14-29(36)35-16-15-33)9-10-23-7-5-6-8-24(17-23)11-12-25-18-26(21-28(32)20-25)30(37)34-4-2/h3,6-8,13,17-21H,1,4-5,14-16,33H2,2H3,(H,34,37)(H,35,36)/b22-19+,27-13+. The molecule has 0 saturated carbocycles. The Labute approximate surface area is 236 Å². The van der Waals surface area contributed by atoms with Crippen molar-refractivity contribution >= 4 is 43.7 Å². The van der Waals surface area contributed by atoms with Crippen LogP contribution in [0.2, 0.25) is 0 Å². The lowest BCUT2D eigenvalue weighted by atomic mass is 10.1. The van der Waals surface area contributed by atoms with Gasteiger partial charge in [-0.3, -0.25) is 9.59 Å². The van der Waals surface area contributed by atoms with Crippen LogP contribution in [0.25, 0.3) is 0 Å². The minimum atomic E-state index is -0.136. The Bertz CT molecular complexity index is 1310. The molecular weight excluding hydrogens is 594 g/mol. The van der Waals surface area contributed by atoms with E-state index < -0.39 is 0 Å². The Kier molecular flexibility index (Phi) is 13.2. The summed E-state index contributed by atoms with van der Waals surface area (Å²) in [4.78, 5) is 23.9. The van der Waals surface area contributed by atoms with Crippen LogP contribution in [-0.4, -0.2) is 31.4 Å². The van der Waals surface area contributed by atoms with Gasteiger partial charge in [0.15, 0.2) is 0 Å². The van der Waals surface area contributed by atoms with Crippen molar-refractivity contribution in [2.45, 2.75) is 19.8 Å². The van der Waals surface area contributed by atoms with E-state index in [1.54, 1.807) is 24.3 Å². The van der Waals surface area contributed by atoms with Crippen molar-refractivity contribution in [1.82, 2.24) is 10.6 Å². The number of allylic oxidation sites excluding steroid dienone is 10. The molecule has 1 aliphatic carbocycles. The van der Waals surface area contributed by atoms with Gasteiger partial charge in [0.05, 0.1) is 0 Å². The van der Waals surface area contributed by atoms with Crippen molar-refractivity contribution in [3.8, 4) is 23.7 Å². The molecule has 0 saturated heterocycles. The van der Waals surface area contributed by atoms with Gasteiger partial charge < -0.3 is 16.4 Å². The summed E-state index contributed by atoms with van der Waals surface area (Å²) in [5.41, 5.74) is 9.03. The first-order valence-electron chi connectivity index (χ1n) is 11.7. The third kappa shape index (κ3) is 11.5. The molecule has 0 atom stereocenters. The van der Waals surface area contributed by atoms with Crippen molar-refractivity contribution < 1.29 is 9.59 Å². The second-order valence-corrected chi connectivity index (χ2v) is 9.55. The fourth-order valence-electron chi connectivity index (χ4n) is 3.00. The fourth-order valence-corrected chi connectivity index (χ4v) is 3.90. The van der Waals surface area contributed by atoms with Gasteiger partial charge in [-0.25, -0.2) is 0 Å². The fraction of sp³-hybridized carbons (Fsp3) is 0.200. The van der Waals surface area contributed by atoms with Crippen LogP contribution >= 0.6 is 31.9 Å². The zero-order valence-corrected chi connectivity index (χ0v) is 23.8. The molecule has 5 nitrogen and oxygen atoms in total. The molecule has 0 bridgehead atoms. The Morgan fingerprint density at radius 1 is 1.16 bits per heavy atom. The van der Waals surface area contributed by atoms with Gasteiger partial charge in [-0.1, -0.05) is 92.5 Å². The number of rotatable bonds is 8. The van der Waals surface area contributed by atoms with Crippen molar-refractivity contribution in [1.29, 1.82) is 0 Å². The summed E-state index contributed by atoms with van der Waals surface area (Å²) in [6.07, 6.45) is 14.1. The highest BCUT2D eigenvalue weighted by Gasteiger charge is 2.06. The van der Waals surface area contributed by atoms with E-state index in [1.807, 2.05) is 43.4 Å². The minimum Gasteiger partial charge on any atom is -0.355 e. The predicted molar refractivity (Wildman–Crippen MR) is 159 cm³/mol. The van der Waals surface area contributed by atoms with Gasteiger partial charge in [-0.05, 0) is 43.7 Å². The number of halogens is 2. The van der Waals surface area contributed by atoms with Crippen LogP contribution in [-0.2, 0) is 4.79 Å². The highest BCUT2D eigenvalue weighted by molar-refractivity contribution is 9.12. The van der Waals surface area contributed by atoms with Gasteiger partial charge >= 0.3 is 0 Å². The number of carbonyl (C=O) groups excluding carboxylic acids is 2. The molecule has 2 rings (SSSR count). The van der Waals surface area contributed by atoms with Gasteiger partial charge in [0.2, 0.25) is 5.91 Å². The zero-order chi connectivity index (χ0) is 27.0. The third-order valence-electron chi connectivity index (χ3n) is 4.74. The molecule has 0 fully saturated rings. The molecule has 0 heterocycles. The van der Waals surface area contributed by atoms with E-state index in [0.717, 1.165) is 32.1 Å². The van der Waals surface area contributed by atoms with Crippen LogP contribution in [0.1, 0.15) is 35.7 Å². The molecule has 4 N–H and O–H groups in total. The molecular formula is C30H29Br2N3O2. The van der Waals surface area contributed by atoms with Crippen LogP contribution in [0, 0.1) is 23.7 Å². The van der Waals surface area contributed by atoms with Gasteiger partial charge in [0.25, 0.3) is 5.91 Å². The quantitative estimate of drug-likeness (QED) is 0.274. The number of nitrogens with one attached hydrogen (secondary N) is 2. The number of benzene rings is 1. The minimum absolute atomic E-state index is 0.0970. The highest BCUT2D eigenvalue weighted by atomic mass is 79.9. The number of amides is 2. The molecule has 1 aromatic rings. The Hall–Kier alpha value is -3.36. The van der Waals surface area contributed by atoms with E-state index >= 15 is 0 Å². The van der Waals surface area contributed by atoms with Gasteiger partial charge in [0, 0.05) is 62.9 Å². The largest absolute Gasteiger partial charge is 0.355 e. The monoisotopic (exact) mass is 621 g/mol. The number of hydrogen-bond donors (Lipinski definition) is 3. The Morgan fingerprint density at radius 3 is 2.70 bits per heavy atom. The molecule has 2 amide bonds. The first-order valence-corrected chi connectivity index (χ1v) is 13.3. The molecule has 1 aliphatic rings. The van der Waals surface area contributed by atoms with Crippen LogP contribution < -0.4 is 16.4 Å². The molecule has 7 heteroatoms. The smallest absolute Gasteiger partial charge is 0.251 e. The molecule has 0 radical (unpaired) electrons. The van der Waals surface area contributed by atoms with Crippen LogP contribution in [0.15, 0.2) is 93.0 Å². The van der Waals surface area contributed by atoms with Gasteiger partial charge in [0.1, 0.15) is 0 Å². The SMILES string of the molecule is C=C/C(C#CC1=CCC=CC(C#Cc2cc(Br)cc(C(=O)NCC)c2)=C1)=C\C(Br)=C/CC(=O)NCCN. The summed E-state index contributed by atoms with van der Waals surface area (Å²) in [7, 11) is 0.